The molecule has 4 aromatic rings. The number of aryl methyl sites for hydroxylation is 1. The molecule has 0 bridgehead atoms. The molecule has 3 aromatic carbocycles. The van der Waals surface area contributed by atoms with E-state index >= 15 is 0 Å². The summed E-state index contributed by atoms with van der Waals surface area (Å²) in [6.07, 6.45) is -3.58. The van der Waals surface area contributed by atoms with Crippen molar-refractivity contribution >= 4 is 34.1 Å². The Labute approximate surface area is 221 Å². The van der Waals surface area contributed by atoms with Crippen molar-refractivity contribution in [3.05, 3.63) is 88.8 Å². The standard InChI is InChI=1S/C27H25ClF4N4O2/c1-3-35(25(37)20-6-4-5-7-22(20)28)16-26(38,27(30,31)32)15-33-23-12-17(2)13-24-21(23)14-34-36(24)19-10-8-18(29)9-11-19/h4-14,33,38H,3,15-16H2,1-2H3. The molecule has 0 aliphatic carbocycles. The first-order valence-electron chi connectivity index (χ1n) is 11.7. The highest BCUT2D eigenvalue weighted by Gasteiger charge is 2.55. The quantitative estimate of drug-likeness (QED) is 0.265. The molecule has 0 saturated heterocycles. The van der Waals surface area contributed by atoms with Gasteiger partial charge in [-0.25, -0.2) is 9.07 Å². The number of alkyl halides is 3. The largest absolute Gasteiger partial charge is 0.420 e. The fraction of sp³-hybridized carbons (Fsp3) is 0.259. The van der Waals surface area contributed by atoms with Crippen molar-refractivity contribution in [1.29, 1.82) is 0 Å². The Bertz CT molecular complexity index is 1460. The summed E-state index contributed by atoms with van der Waals surface area (Å²) in [5, 5.41) is 18.5. The van der Waals surface area contributed by atoms with Crippen molar-refractivity contribution in [2.45, 2.75) is 25.6 Å². The van der Waals surface area contributed by atoms with Gasteiger partial charge in [0.05, 0.1) is 41.1 Å². The first kappa shape index (κ1) is 27.4. The van der Waals surface area contributed by atoms with Gasteiger partial charge in [-0.1, -0.05) is 23.7 Å². The van der Waals surface area contributed by atoms with Crippen LogP contribution in [0.5, 0.6) is 0 Å². The highest BCUT2D eigenvalue weighted by molar-refractivity contribution is 6.33. The molecule has 1 aromatic heterocycles. The number of anilines is 1. The van der Waals surface area contributed by atoms with Gasteiger partial charge in [0.25, 0.3) is 5.91 Å². The number of likely N-dealkylation sites (N-methyl/N-ethyl adjacent to an activating group) is 1. The number of nitrogens with one attached hydrogen (secondary N) is 1. The average molecular weight is 549 g/mol. The van der Waals surface area contributed by atoms with E-state index in [1.807, 2.05) is 0 Å². The number of hydrogen-bond acceptors (Lipinski definition) is 4. The molecule has 38 heavy (non-hydrogen) atoms. The molecule has 1 heterocycles. The molecule has 0 aliphatic heterocycles. The van der Waals surface area contributed by atoms with Gasteiger partial charge >= 0.3 is 6.18 Å². The highest BCUT2D eigenvalue weighted by Crippen LogP contribution is 2.34. The number of aromatic nitrogens is 2. The maximum atomic E-state index is 14.2. The predicted molar refractivity (Wildman–Crippen MR) is 138 cm³/mol. The van der Waals surface area contributed by atoms with Crippen LogP contribution in [0.2, 0.25) is 5.02 Å². The Balaban J connectivity index is 1.63. The molecular weight excluding hydrogens is 524 g/mol. The molecule has 2 N–H and O–H groups in total. The normalized spacial score (nSPS) is 13.4. The van der Waals surface area contributed by atoms with Gasteiger partial charge in [0.2, 0.25) is 0 Å². The summed E-state index contributed by atoms with van der Waals surface area (Å²) in [5.74, 6) is -1.14. The number of hydrogen-bond donors (Lipinski definition) is 2. The molecule has 0 fully saturated rings. The third-order valence-electron chi connectivity index (χ3n) is 6.23. The van der Waals surface area contributed by atoms with Crippen LogP contribution < -0.4 is 5.32 Å². The molecular formula is C27H25ClF4N4O2. The molecule has 0 spiro atoms. The lowest BCUT2D eigenvalue weighted by molar-refractivity contribution is -0.257. The molecule has 0 saturated carbocycles. The van der Waals surface area contributed by atoms with Gasteiger partial charge in [0, 0.05) is 17.6 Å². The van der Waals surface area contributed by atoms with E-state index in [4.69, 9.17) is 11.6 Å². The maximum Gasteiger partial charge on any atom is 0.420 e. The van der Waals surface area contributed by atoms with Crippen LogP contribution in [0, 0.1) is 12.7 Å². The Morgan fingerprint density at radius 3 is 2.45 bits per heavy atom. The summed E-state index contributed by atoms with van der Waals surface area (Å²) in [7, 11) is 0. The monoisotopic (exact) mass is 548 g/mol. The van der Waals surface area contributed by atoms with Crippen LogP contribution in [0.1, 0.15) is 22.8 Å². The lowest BCUT2D eigenvalue weighted by Gasteiger charge is -2.36. The van der Waals surface area contributed by atoms with Crippen molar-refractivity contribution in [1.82, 2.24) is 14.7 Å². The van der Waals surface area contributed by atoms with E-state index in [2.05, 4.69) is 10.4 Å². The van der Waals surface area contributed by atoms with Gasteiger partial charge in [-0.05, 0) is 67.9 Å². The number of benzene rings is 3. The minimum Gasteiger partial charge on any atom is -0.381 e. The van der Waals surface area contributed by atoms with Crippen LogP contribution in [0.4, 0.5) is 23.2 Å². The molecule has 1 amide bonds. The van der Waals surface area contributed by atoms with E-state index in [-0.39, 0.29) is 17.1 Å². The number of amides is 1. The summed E-state index contributed by atoms with van der Waals surface area (Å²) in [4.78, 5) is 13.9. The zero-order chi connectivity index (χ0) is 27.7. The average Bonchev–Trinajstić information content (AvgIpc) is 3.29. The molecule has 0 radical (unpaired) electrons. The Hall–Kier alpha value is -3.63. The van der Waals surface area contributed by atoms with Crippen LogP contribution >= 0.6 is 11.6 Å². The Kier molecular flexibility index (Phi) is 7.66. The molecule has 11 heteroatoms. The van der Waals surface area contributed by atoms with E-state index < -0.39 is 36.6 Å². The van der Waals surface area contributed by atoms with Gasteiger partial charge in [-0.2, -0.15) is 18.3 Å². The SMILES string of the molecule is CCN(CC(O)(CNc1cc(C)cc2c1cnn2-c1ccc(F)cc1)C(F)(F)F)C(=O)c1ccccc1Cl. The van der Waals surface area contributed by atoms with Crippen LogP contribution in [-0.2, 0) is 0 Å². The van der Waals surface area contributed by atoms with E-state index in [0.717, 1.165) is 10.5 Å². The summed E-state index contributed by atoms with van der Waals surface area (Å²) in [5.41, 5.74) is -1.04. The van der Waals surface area contributed by atoms with Crippen LogP contribution in [0.15, 0.2) is 66.9 Å². The summed E-state index contributed by atoms with van der Waals surface area (Å²) < 4.78 is 57.5. The van der Waals surface area contributed by atoms with Gasteiger partial charge in [0.15, 0.2) is 5.60 Å². The smallest absolute Gasteiger partial charge is 0.381 e. The number of halogens is 5. The van der Waals surface area contributed by atoms with E-state index in [9.17, 15) is 27.5 Å². The van der Waals surface area contributed by atoms with Crippen molar-refractivity contribution in [2.24, 2.45) is 0 Å². The number of fused-ring (bicyclic) bond motifs is 1. The number of nitrogens with zero attached hydrogens (tertiary/aromatic N) is 3. The highest BCUT2D eigenvalue weighted by atomic mass is 35.5. The van der Waals surface area contributed by atoms with Gasteiger partial charge in [-0.15, -0.1) is 0 Å². The molecule has 4 rings (SSSR count). The Morgan fingerprint density at radius 1 is 1.13 bits per heavy atom. The fourth-order valence-corrected chi connectivity index (χ4v) is 4.35. The van der Waals surface area contributed by atoms with E-state index in [1.165, 1.54) is 49.5 Å². The first-order valence-corrected chi connectivity index (χ1v) is 12.1. The lowest BCUT2D eigenvalue weighted by atomic mass is 10.0. The van der Waals surface area contributed by atoms with Crippen molar-refractivity contribution in [3.63, 3.8) is 0 Å². The van der Waals surface area contributed by atoms with E-state index in [1.54, 1.807) is 35.9 Å². The number of rotatable bonds is 8. The first-order chi connectivity index (χ1) is 17.9. The summed E-state index contributed by atoms with van der Waals surface area (Å²) in [6.45, 7) is 1.27. The molecule has 6 nitrogen and oxygen atoms in total. The second kappa shape index (κ2) is 10.6. The molecule has 1 atom stereocenters. The van der Waals surface area contributed by atoms with Crippen molar-refractivity contribution in [3.8, 4) is 5.69 Å². The van der Waals surface area contributed by atoms with Crippen molar-refractivity contribution < 1.29 is 27.5 Å². The van der Waals surface area contributed by atoms with Gasteiger partial charge in [-0.3, -0.25) is 4.79 Å². The number of aliphatic hydroxyl groups is 1. The summed E-state index contributed by atoms with van der Waals surface area (Å²) >= 11 is 6.08. The molecule has 0 aliphatic rings. The van der Waals surface area contributed by atoms with E-state index in [0.29, 0.717) is 22.3 Å². The minimum absolute atomic E-state index is 0.0436. The third-order valence-corrected chi connectivity index (χ3v) is 6.56. The number of carbonyl (C=O) groups is 1. The van der Waals surface area contributed by atoms with Gasteiger partial charge in [0.1, 0.15) is 5.82 Å². The zero-order valence-corrected chi connectivity index (χ0v) is 21.3. The molecule has 1 unspecified atom stereocenters. The maximum absolute atomic E-state index is 14.2. The predicted octanol–water partition coefficient (Wildman–Crippen LogP) is 5.99. The van der Waals surface area contributed by atoms with Crippen LogP contribution in [-0.4, -0.2) is 57.1 Å². The minimum atomic E-state index is -5.06. The van der Waals surface area contributed by atoms with Crippen LogP contribution in [0.25, 0.3) is 16.6 Å². The second-order valence-corrected chi connectivity index (χ2v) is 9.37. The number of carbonyl (C=O) groups excluding carboxylic acids is 1. The molecule has 200 valence electrons. The summed E-state index contributed by atoms with van der Waals surface area (Å²) in [6, 6.07) is 15.1. The van der Waals surface area contributed by atoms with Crippen molar-refractivity contribution in [2.75, 3.05) is 25.0 Å². The van der Waals surface area contributed by atoms with Crippen LogP contribution in [0.3, 0.4) is 0 Å². The third kappa shape index (κ3) is 5.46. The Morgan fingerprint density at radius 2 is 1.82 bits per heavy atom. The fourth-order valence-electron chi connectivity index (χ4n) is 4.14. The second-order valence-electron chi connectivity index (χ2n) is 8.96. The van der Waals surface area contributed by atoms with Gasteiger partial charge < -0.3 is 15.3 Å². The zero-order valence-electron chi connectivity index (χ0n) is 20.6. The lowest BCUT2D eigenvalue weighted by Crippen LogP contribution is -2.58. The topological polar surface area (TPSA) is 70.4 Å².